The largest absolute Gasteiger partial charge is 0.392 e. The Morgan fingerprint density at radius 3 is 3.14 bits per heavy atom. The van der Waals surface area contributed by atoms with Gasteiger partial charge in [-0.25, -0.2) is 0 Å². The highest BCUT2D eigenvalue weighted by Gasteiger charge is 2.10. The maximum atomic E-state index is 9.02. The van der Waals surface area contributed by atoms with Crippen molar-refractivity contribution in [2.45, 2.75) is 13.2 Å². The monoisotopic (exact) mass is 192 g/mol. The number of likely N-dealkylation sites (N-methyl/N-ethyl adjacent to an activating group) is 1. The van der Waals surface area contributed by atoms with Crippen LogP contribution in [0, 0.1) is 0 Å². The summed E-state index contributed by atoms with van der Waals surface area (Å²) in [4.78, 5) is 2.29. The Kier molecular flexibility index (Phi) is 2.70. The number of benzene rings is 1. The highest BCUT2D eigenvalue weighted by Crippen LogP contribution is 2.21. The van der Waals surface area contributed by atoms with Gasteiger partial charge < -0.3 is 15.3 Å². The average Bonchev–Trinajstić information content (AvgIpc) is 2.37. The first-order chi connectivity index (χ1) is 6.79. The lowest BCUT2D eigenvalue weighted by molar-refractivity contribution is 0.282. The molecule has 14 heavy (non-hydrogen) atoms. The minimum absolute atomic E-state index is 0.116. The van der Waals surface area contributed by atoms with E-state index in [1.807, 2.05) is 12.1 Å². The van der Waals surface area contributed by atoms with Crippen molar-refractivity contribution < 1.29 is 5.11 Å². The minimum atomic E-state index is 0.116. The summed E-state index contributed by atoms with van der Waals surface area (Å²) in [6.45, 7) is 3.13. The van der Waals surface area contributed by atoms with E-state index in [9.17, 15) is 0 Å². The van der Waals surface area contributed by atoms with E-state index < -0.39 is 0 Å². The summed E-state index contributed by atoms with van der Waals surface area (Å²) in [5.74, 6) is 0. The van der Waals surface area contributed by atoms with E-state index in [0.29, 0.717) is 0 Å². The minimum Gasteiger partial charge on any atom is -0.392 e. The number of nitrogens with zero attached hydrogens (tertiary/aromatic N) is 1. The second-order valence-electron chi connectivity index (χ2n) is 3.81. The van der Waals surface area contributed by atoms with Gasteiger partial charge in [-0.3, -0.25) is 0 Å². The molecule has 1 aromatic carbocycles. The Hall–Kier alpha value is -1.06. The van der Waals surface area contributed by atoms with Gasteiger partial charge in [0.2, 0.25) is 0 Å². The van der Waals surface area contributed by atoms with Crippen molar-refractivity contribution in [3.8, 4) is 0 Å². The van der Waals surface area contributed by atoms with E-state index in [4.69, 9.17) is 5.11 Å². The van der Waals surface area contributed by atoms with Crippen LogP contribution in [-0.2, 0) is 13.2 Å². The lowest BCUT2D eigenvalue weighted by atomic mass is 10.1. The third-order valence-corrected chi connectivity index (χ3v) is 2.61. The normalized spacial score (nSPS) is 17.0. The summed E-state index contributed by atoms with van der Waals surface area (Å²) in [7, 11) is 2.12. The first-order valence-corrected chi connectivity index (χ1v) is 4.94. The molecule has 0 unspecified atom stereocenters. The molecule has 0 atom stereocenters. The molecule has 0 radical (unpaired) electrons. The quantitative estimate of drug-likeness (QED) is 0.697. The number of fused-ring (bicyclic) bond motifs is 1. The summed E-state index contributed by atoms with van der Waals surface area (Å²) in [6.07, 6.45) is 0. The average molecular weight is 192 g/mol. The molecule has 0 spiro atoms. The standard InChI is InChI=1S/C11H16N2O/c1-13-5-4-12-11-6-9(8-14)2-3-10(11)7-13/h2-3,6,12,14H,4-5,7-8H2,1H3. The predicted molar refractivity (Wildman–Crippen MR) is 57.2 cm³/mol. The number of anilines is 1. The van der Waals surface area contributed by atoms with Gasteiger partial charge in [0, 0.05) is 25.3 Å². The van der Waals surface area contributed by atoms with Gasteiger partial charge in [-0.05, 0) is 24.2 Å². The Morgan fingerprint density at radius 1 is 1.50 bits per heavy atom. The van der Waals surface area contributed by atoms with Gasteiger partial charge in [0.1, 0.15) is 0 Å². The molecule has 1 aliphatic rings. The third-order valence-electron chi connectivity index (χ3n) is 2.61. The molecular formula is C11H16N2O. The summed E-state index contributed by atoms with van der Waals surface area (Å²) in [5, 5.41) is 12.4. The van der Waals surface area contributed by atoms with E-state index in [-0.39, 0.29) is 6.61 Å². The summed E-state index contributed by atoms with van der Waals surface area (Å²) in [5.41, 5.74) is 3.45. The fraction of sp³-hybridized carbons (Fsp3) is 0.455. The molecule has 0 amide bonds. The Labute approximate surface area is 84.4 Å². The predicted octanol–water partition coefficient (Wildman–Crippen LogP) is 1.04. The molecule has 0 aromatic heterocycles. The first-order valence-electron chi connectivity index (χ1n) is 4.94. The number of rotatable bonds is 1. The zero-order valence-electron chi connectivity index (χ0n) is 8.45. The number of nitrogens with one attached hydrogen (secondary N) is 1. The van der Waals surface area contributed by atoms with Gasteiger partial charge in [-0.15, -0.1) is 0 Å². The van der Waals surface area contributed by atoms with Crippen molar-refractivity contribution in [1.82, 2.24) is 4.90 Å². The van der Waals surface area contributed by atoms with Crippen LogP contribution in [0.5, 0.6) is 0 Å². The topological polar surface area (TPSA) is 35.5 Å². The maximum absolute atomic E-state index is 9.02. The summed E-state index contributed by atoms with van der Waals surface area (Å²) < 4.78 is 0. The highest BCUT2D eigenvalue weighted by atomic mass is 16.3. The molecule has 1 aliphatic heterocycles. The molecular weight excluding hydrogens is 176 g/mol. The van der Waals surface area contributed by atoms with Crippen LogP contribution >= 0.6 is 0 Å². The molecule has 3 nitrogen and oxygen atoms in total. The van der Waals surface area contributed by atoms with Crippen molar-refractivity contribution in [2.24, 2.45) is 0 Å². The van der Waals surface area contributed by atoms with Crippen LogP contribution in [-0.4, -0.2) is 30.1 Å². The van der Waals surface area contributed by atoms with Gasteiger partial charge >= 0.3 is 0 Å². The Balaban J connectivity index is 2.31. The second kappa shape index (κ2) is 3.98. The van der Waals surface area contributed by atoms with Crippen molar-refractivity contribution in [2.75, 3.05) is 25.5 Å². The first kappa shape index (κ1) is 9.49. The molecule has 0 saturated heterocycles. The second-order valence-corrected chi connectivity index (χ2v) is 3.81. The van der Waals surface area contributed by atoms with Crippen LogP contribution in [0.2, 0.25) is 0 Å². The van der Waals surface area contributed by atoms with Gasteiger partial charge in [0.05, 0.1) is 6.61 Å². The molecule has 0 bridgehead atoms. The number of hydrogen-bond donors (Lipinski definition) is 2. The van der Waals surface area contributed by atoms with Crippen LogP contribution < -0.4 is 5.32 Å². The molecule has 2 rings (SSSR count). The van der Waals surface area contributed by atoms with Gasteiger partial charge in [0.25, 0.3) is 0 Å². The van der Waals surface area contributed by atoms with Crippen molar-refractivity contribution >= 4 is 5.69 Å². The molecule has 76 valence electrons. The summed E-state index contributed by atoms with van der Waals surface area (Å²) >= 11 is 0. The van der Waals surface area contributed by atoms with Gasteiger partial charge in [0.15, 0.2) is 0 Å². The van der Waals surface area contributed by atoms with E-state index >= 15 is 0 Å². The molecule has 1 heterocycles. The van der Waals surface area contributed by atoms with Crippen LogP contribution in [0.3, 0.4) is 0 Å². The number of aliphatic hydroxyl groups is 1. The zero-order valence-corrected chi connectivity index (χ0v) is 8.45. The lowest BCUT2D eigenvalue weighted by Gasteiger charge is -2.12. The highest BCUT2D eigenvalue weighted by molar-refractivity contribution is 5.53. The molecule has 2 N–H and O–H groups in total. The van der Waals surface area contributed by atoms with E-state index in [2.05, 4.69) is 23.3 Å². The number of hydrogen-bond acceptors (Lipinski definition) is 3. The third kappa shape index (κ3) is 1.89. The smallest absolute Gasteiger partial charge is 0.0682 e. The SMILES string of the molecule is CN1CCNc2cc(CO)ccc2C1. The van der Waals surface area contributed by atoms with Crippen LogP contribution in [0.1, 0.15) is 11.1 Å². The van der Waals surface area contributed by atoms with Crippen molar-refractivity contribution in [3.05, 3.63) is 29.3 Å². The molecule has 0 saturated carbocycles. The molecule has 1 aromatic rings. The Bertz CT molecular complexity index is 325. The van der Waals surface area contributed by atoms with Crippen molar-refractivity contribution in [3.63, 3.8) is 0 Å². The fourth-order valence-electron chi connectivity index (χ4n) is 1.78. The van der Waals surface area contributed by atoms with Crippen LogP contribution in [0.15, 0.2) is 18.2 Å². The maximum Gasteiger partial charge on any atom is 0.0682 e. The fourth-order valence-corrected chi connectivity index (χ4v) is 1.78. The molecule has 3 heteroatoms. The van der Waals surface area contributed by atoms with Crippen LogP contribution in [0.4, 0.5) is 5.69 Å². The van der Waals surface area contributed by atoms with E-state index in [0.717, 1.165) is 25.2 Å². The molecule has 0 fully saturated rings. The molecule has 0 aliphatic carbocycles. The van der Waals surface area contributed by atoms with Crippen LogP contribution in [0.25, 0.3) is 0 Å². The van der Waals surface area contributed by atoms with Gasteiger partial charge in [-0.1, -0.05) is 12.1 Å². The Morgan fingerprint density at radius 2 is 2.36 bits per heavy atom. The van der Waals surface area contributed by atoms with E-state index in [1.165, 1.54) is 11.3 Å². The lowest BCUT2D eigenvalue weighted by Crippen LogP contribution is -2.20. The zero-order chi connectivity index (χ0) is 9.97. The van der Waals surface area contributed by atoms with E-state index in [1.54, 1.807) is 0 Å². The van der Waals surface area contributed by atoms with Gasteiger partial charge in [-0.2, -0.15) is 0 Å². The summed E-state index contributed by atoms with van der Waals surface area (Å²) in [6, 6.07) is 6.11. The van der Waals surface area contributed by atoms with Crippen molar-refractivity contribution in [1.29, 1.82) is 0 Å². The number of aliphatic hydroxyl groups excluding tert-OH is 1.